The molecule has 0 aromatic carbocycles. The number of hydrogen-bond donors (Lipinski definition) is 1. The summed E-state index contributed by atoms with van der Waals surface area (Å²) < 4.78 is 9.95. The zero-order chi connectivity index (χ0) is 23.5. The maximum absolute atomic E-state index is 11.8. The van der Waals surface area contributed by atoms with Gasteiger partial charge in [-0.3, -0.25) is 4.79 Å². The molecular formula is C25H49NO4. The fraction of sp³-hybridized carbons (Fsp3) is 0.680. The molecule has 5 heteroatoms. The topological polar surface area (TPSA) is 68.4 Å². The number of methoxy groups -OCH3 is 1. The largest absolute Gasteiger partial charge is 0.462 e. The van der Waals surface area contributed by atoms with Crippen molar-refractivity contribution in [2.75, 3.05) is 13.7 Å². The van der Waals surface area contributed by atoms with Gasteiger partial charge in [0.25, 0.3) is 0 Å². The van der Waals surface area contributed by atoms with Crippen LogP contribution in [0.3, 0.4) is 0 Å². The van der Waals surface area contributed by atoms with Crippen LogP contribution in [-0.4, -0.2) is 36.6 Å². The number of ether oxygens (including phenoxy) is 2. The molecule has 0 amide bonds. The van der Waals surface area contributed by atoms with Crippen molar-refractivity contribution in [1.82, 2.24) is 4.98 Å². The second kappa shape index (κ2) is 21.8. The van der Waals surface area contributed by atoms with Gasteiger partial charge in [-0.15, -0.1) is 0 Å². The highest BCUT2D eigenvalue weighted by atomic mass is 16.5. The van der Waals surface area contributed by atoms with Crippen molar-refractivity contribution in [3.8, 4) is 0 Å². The molecule has 0 aliphatic rings. The average molecular weight is 428 g/mol. The van der Waals surface area contributed by atoms with E-state index in [1.54, 1.807) is 21.0 Å². The Kier molecular flexibility index (Phi) is 25.9. The number of aldehydes is 1. The summed E-state index contributed by atoms with van der Waals surface area (Å²) in [5.41, 5.74) is 2.54. The lowest BCUT2D eigenvalue weighted by atomic mass is 10.1. The standard InChI is InChI=1S/C13H19NO3.C5H12O.C4H8.C2H6.CH4/c1-4-6-7-10-12(13(16)17-5-2)9(3)11(8-15)14-10;1-5(2,3)6-4;1-3-4-2;1-2;/h8,14H,4-7H2,1-3H3;1-4H3;3-4H,1-2H3;1-2H3;1H4. The van der Waals surface area contributed by atoms with Gasteiger partial charge >= 0.3 is 5.97 Å². The molecule has 178 valence electrons. The van der Waals surface area contributed by atoms with E-state index in [1.165, 1.54) is 0 Å². The molecule has 0 fully saturated rings. The lowest BCUT2D eigenvalue weighted by Gasteiger charge is -2.14. The second-order valence-electron chi connectivity index (χ2n) is 6.94. The fourth-order valence-electron chi connectivity index (χ4n) is 1.82. The van der Waals surface area contributed by atoms with Gasteiger partial charge in [-0.1, -0.05) is 46.8 Å². The Balaban J connectivity index is -0.000000217. The number of H-pyrrole nitrogens is 1. The lowest BCUT2D eigenvalue weighted by Crippen LogP contribution is -2.15. The van der Waals surface area contributed by atoms with Gasteiger partial charge in [-0.2, -0.15) is 0 Å². The third kappa shape index (κ3) is 17.0. The van der Waals surface area contributed by atoms with Crippen LogP contribution >= 0.6 is 0 Å². The molecule has 30 heavy (non-hydrogen) atoms. The van der Waals surface area contributed by atoms with E-state index in [1.807, 2.05) is 60.6 Å². The number of hydrogen-bond acceptors (Lipinski definition) is 4. The number of aryl methyl sites for hydroxylation is 1. The quantitative estimate of drug-likeness (QED) is 0.293. The van der Waals surface area contributed by atoms with E-state index in [-0.39, 0.29) is 19.0 Å². The number of carbonyl (C=O) groups is 2. The Labute approximate surface area is 186 Å². The van der Waals surface area contributed by atoms with Crippen LogP contribution in [0, 0.1) is 6.92 Å². The van der Waals surface area contributed by atoms with Crippen molar-refractivity contribution < 1.29 is 19.1 Å². The minimum absolute atomic E-state index is 0. The first-order chi connectivity index (χ1) is 13.6. The Morgan fingerprint density at radius 1 is 1.10 bits per heavy atom. The summed E-state index contributed by atoms with van der Waals surface area (Å²) in [5.74, 6) is -0.347. The number of allylic oxidation sites excluding steroid dienone is 2. The van der Waals surface area contributed by atoms with Gasteiger partial charge in [0.2, 0.25) is 0 Å². The van der Waals surface area contributed by atoms with Gasteiger partial charge in [0.05, 0.1) is 23.5 Å². The van der Waals surface area contributed by atoms with Crippen molar-refractivity contribution in [3.63, 3.8) is 0 Å². The van der Waals surface area contributed by atoms with E-state index >= 15 is 0 Å². The van der Waals surface area contributed by atoms with Gasteiger partial charge in [0.1, 0.15) is 0 Å². The summed E-state index contributed by atoms with van der Waals surface area (Å²) in [7, 11) is 1.71. The van der Waals surface area contributed by atoms with E-state index in [9.17, 15) is 9.59 Å². The normalized spacial score (nSPS) is 9.70. The molecule has 1 aromatic rings. The molecule has 0 radical (unpaired) electrons. The Morgan fingerprint density at radius 2 is 1.57 bits per heavy atom. The Morgan fingerprint density at radius 3 is 1.87 bits per heavy atom. The average Bonchev–Trinajstić information content (AvgIpc) is 3.03. The first kappa shape index (κ1) is 35.6. The van der Waals surface area contributed by atoms with Gasteiger partial charge in [0.15, 0.2) is 6.29 Å². The monoisotopic (exact) mass is 427 g/mol. The Bertz CT molecular complexity index is 562. The molecule has 5 nitrogen and oxygen atoms in total. The van der Waals surface area contributed by atoms with Crippen molar-refractivity contribution in [2.45, 2.75) is 102 Å². The van der Waals surface area contributed by atoms with E-state index in [2.05, 4.69) is 11.9 Å². The third-order valence-electron chi connectivity index (χ3n) is 3.69. The van der Waals surface area contributed by atoms with Gasteiger partial charge < -0.3 is 14.5 Å². The van der Waals surface area contributed by atoms with E-state index < -0.39 is 0 Å². The van der Waals surface area contributed by atoms with Crippen LogP contribution in [0.4, 0.5) is 0 Å². The number of aromatic amines is 1. The van der Waals surface area contributed by atoms with Crippen LogP contribution in [0.5, 0.6) is 0 Å². The summed E-state index contributed by atoms with van der Waals surface area (Å²) in [6.45, 7) is 20.0. The predicted molar refractivity (Wildman–Crippen MR) is 131 cm³/mol. The summed E-state index contributed by atoms with van der Waals surface area (Å²) in [6, 6.07) is 0. The highest BCUT2D eigenvalue weighted by Crippen LogP contribution is 2.20. The number of esters is 1. The van der Waals surface area contributed by atoms with Crippen molar-refractivity contribution in [2.24, 2.45) is 0 Å². The zero-order valence-electron chi connectivity index (χ0n) is 20.7. The van der Waals surface area contributed by atoms with Gasteiger partial charge in [-0.05, 0) is 66.9 Å². The molecule has 0 aliphatic carbocycles. The SMILES string of the molecule is C.CC.CC=CC.CCCCc1[nH]c(C=O)c(C)c1C(=O)OCC.COC(C)(C)C. The molecule has 0 bridgehead atoms. The summed E-state index contributed by atoms with van der Waals surface area (Å²) in [4.78, 5) is 25.7. The smallest absolute Gasteiger partial charge is 0.340 e. The molecule has 1 heterocycles. The first-order valence-electron chi connectivity index (χ1n) is 10.6. The number of aromatic nitrogens is 1. The highest BCUT2D eigenvalue weighted by molar-refractivity contribution is 5.95. The van der Waals surface area contributed by atoms with Crippen LogP contribution in [0.2, 0.25) is 0 Å². The summed E-state index contributed by atoms with van der Waals surface area (Å²) >= 11 is 0. The van der Waals surface area contributed by atoms with E-state index in [4.69, 9.17) is 9.47 Å². The number of nitrogens with one attached hydrogen (secondary N) is 1. The summed E-state index contributed by atoms with van der Waals surface area (Å²) in [5, 5.41) is 0. The Hall–Kier alpha value is -1.88. The zero-order valence-corrected chi connectivity index (χ0v) is 20.7. The molecular weight excluding hydrogens is 378 g/mol. The number of unbranched alkanes of at least 4 members (excludes halogenated alkanes) is 1. The maximum Gasteiger partial charge on any atom is 0.340 e. The number of carbonyl (C=O) groups excluding carboxylic acids is 2. The van der Waals surface area contributed by atoms with Crippen molar-refractivity contribution >= 4 is 12.3 Å². The van der Waals surface area contributed by atoms with E-state index in [0.717, 1.165) is 31.2 Å². The second-order valence-corrected chi connectivity index (χ2v) is 6.94. The van der Waals surface area contributed by atoms with Gasteiger partial charge in [0, 0.05) is 12.8 Å². The summed E-state index contributed by atoms with van der Waals surface area (Å²) in [6.07, 6.45) is 7.52. The molecule has 0 atom stereocenters. The van der Waals surface area contributed by atoms with Crippen LogP contribution in [0.15, 0.2) is 12.2 Å². The highest BCUT2D eigenvalue weighted by Gasteiger charge is 2.20. The molecule has 0 saturated carbocycles. The fourth-order valence-corrected chi connectivity index (χ4v) is 1.82. The molecule has 1 N–H and O–H groups in total. The van der Waals surface area contributed by atoms with Crippen LogP contribution in [0.1, 0.15) is 115 Å². The predicted octanol–water partition coefficient (Wildman–Crippen LogP) is 7.33. The molecule has 0 saturated heterocycles. The molecule has 0 aliphatic heterocycles. The molecule has 1 aromatic heterocycles. The third-order valence-corrected chi connectivity index (χ3v) is 3.69. The molecule has 0 spiro atoms. The van der Waals surface area contributed by atoms with Crippen LogP contribution in [-0.2, 0) is 15.9 Å². The molecule has 1 rings (SSSR count). The first-order valence-corrected chi connectivity index (χ1v) is 10.6. The molecule has 0 unspecified atom stereocenters. The van der Waals surface area contributed by atoms with Crippen molar-refractivity contribution in [1.29, 1.82) is 0 Å². The minimum Gasteiger partial charge on any atom is -0.462 e. The maximum atomic E-state index is 11.8. The van der Waals surface area contributed by atoms with Crippen molar-refractivity contribution in [3.05, 3.63) is 34.7 Å². The lowest BCUT2D eigenvalue weighted by molar-refractivity contribution is 0.0397. The number of rotatable bonds is 6. The minimum atomic E-state index is -0.347. The van der Waals surface area contributed by atoms with E-state index in [0.29, 0.717) is 23.4 Å². The van der Waals surface area contributed by atoms with Gasteiger partial charge in [-0.25, -0.2) is 4.79 Å². The van der Waals surface area contributed by atoms with Crippen LogP contribution in [0.25, 0.3) is 0 Å². The van der Waals surface area contributed by atoms with Crippen LogP contribution < -0.4 is 0 Å².